The molecular formula is C12H15N3S. The Kier molecular flexibility index (Phi) is 2.53. The molecule has 1 aliphatic rings. The molecular weight excluding hydrogens is 218 g/mol. The lowest BCUT2D eigenvalue weighted by Gasteiger charge is -1.98. The number of aryl methyl sites for hydroxylation is 1. The van der Waals surface area contributed by atoms with Crippen molar-refractivity contribution >= 4 is 11.3 Å². The third-order valence-corrected chi connectivity index (χ3v) is 3.76. The summed E-state index contributed by atoms with van der Waals surface area (Å²) < 4.78 is 0. The Bertz CT molecular complexity index is 482. The van der Waals surface area contributed by atoms with Crippen LogP contribution in [0.3, 0.4) is 0 Å². The summed E-state index contributed by atoms with van der Waals surface area (Å²) in [6.07, 6.45) is 4.58. The molecule has 16 heavy (non-hydrogen) atoms. The van der Waals surface area contributed by atoms with Gasteiger partial charge in [0.15, 0.2) is 0 Å². The summed E-state index contributed by atoms with van der Waals surface area (Å²) in [5.41, 5.74) is 3.69. The van der Waals surface area contributed by atoms with Crippen molar-refractivity contribution in [3.05, 3.63) is 28.2 Å². The van der Waals surface area contributed by atoms with Crippen molar-refractivity contribution in [2.75, 3.05) is 0 Å². The monoisotopic (exact) mass is 233 g/mol. The summed E-state index contributed by atoms with van der Waals surface area (Å²) in [7, 11) is 0. The molecule has 0 bridgehead atoms. The van der Waals surface area contributed by atoms with E-state index in [0.29, 0.717) is 0 Å². The Labute approximate surface area is 98.9 Å². The average Bonchev–Trinajstić information content (AvgIpc) is 2.82. The van der Waals surface area contributed by atoms with Crippen molar-refractivity contribution in [1.82, 2.24) is 15.3 Å². The maximum Gasteiger partial charge on any atom is 0.138 e. The van der Waals surface area contributed by atoms with E-state index < -0.39 is 0 Å². The van der Waals surface area contributed by atoms with Crippen molar-refractivity contribution in [3.63, 3.8) is 0 Å². The second-order valence-electron chi connectivity index (χ2n) is 4.38. The minimum atomic E-state index is 0.745. The molecule has 2 heterocycles. The third kappa shape index (κ3) is 2.03. The molecule has 0 spiro atoms. The van der Waals surface area contributed by atoms with Crippen LogP contribution >= 0.6 is 11.3 Å². The number of rotatable bonds is 4. The molecule has 0 saturated heterocycles. The molecule has 0 amide bonds. The lowest BCUT2D eigenvalue weighted by Crippen LogP contribution is -2.15. The predicted octanol–water partition coefficient (Wildman–Crippen LogP) is 2.70. The molecule has 1 saturated carbocycles. The average molecular weight is 233 g/mol. The van der Waals surface area contributed by atoms with Gasteiger partial charge >= 0.3 is 0 Å². The summed E-state index contributed by atoms with van der Waals surface area (Å²) in [6.45, 7) is 3.03. The Morgan fingerprint density at radius 1 is 1.50 bits per heavy atom. The number of hydrogen-bond acceptors (Lipinski definition) is 3. The first kappa shape index (κ1) is 10.1. The lowest BCUT2D eigenvalue weighted by molar-refractivity contribution is 0.677. The van der Waals surface area contributed by atoms with Gasteiger partial charge in [0.1, 0.15) is 5.82 Å². The standard InChI is InChI=1S/C12H15N3S/c1-8-6-16-7-11(8)12-14-5-10(15-12)4-13-9-2-3-9/h5-7,9,13H,2-4H2,1H3,(H,14,15). The number of thiophene rings is 1. The maximum atomic E-state index is 4.43. The number of hydrogen-bond donors (Lipinski definition) is 2. The summed E-state index contributed by atoms with van der Waals surface area (Å²) in [6, 6.07) is 0.745. The fourth-order valence-corrected chi connectivity index (χ4v) is 2.56. The van der Waals surface area contributed by atoms with Crippen LogP contribution in [0.1, 0.15) is 24.1 Å². The summed E-state index contributed by atoms with van der Waals surface area (Å²) >= 11 is 1.72. The lowest BCUT2D eigenvalue weighted by atomic mass is 10.2. The fraction of sp³-hybridized carbons (Fsp3) is 0.417. The first-order chi connectivity index (χ1) is 7.83. The minimum Gasteiger partial charge on any atom is -0.341 e. The van der Waals surface area contributed by atoms with Crippen LogP contribution in [-0.4, -0.2) is 16.0 Å². The van der Waals surface area contributed by atoms with Gasteiger partial charge in [0, 0.05) is 35.4 Å². The number of aromatic amines is 1. The predicted molar refractivity (Wildman–Crippen MR) is 66.5 cm³/mol. The molecule has 3 nitrogen and oxygen atoms in total. The number of imidazole rings is 1. The van der Waals surface area contributed by atoms with E-state index in [1.54, 1.807) is 11.3 Å². The summed E-state index contributed by atoms with van der Waals surface area (Å²) in [5, 5.41) is 7.78. The molecule has 0 unspecified atom stereocenters. The van der Waals surface area contributed by atoms with Gasteiger partial charge in [-0.3, -0.25) is 0 Å². The zero-order valence-electron chi connectivity index (χ0n) is 9.29. The third-order valence-electron chi connectivity index (χ3n) is 2.90. The molecule has 84 valence electrons. The number of H-pyrrole nitrogens is 1. The molecule has 2 aromatic rings. The van der Waals surface area contributed by atoms with Crippen molar-refractivity contribution in [2.45, 2.75) is 32.4 Å². The van der Waals surface area contributed by atoms with E-state index in [0.717, 1.165) is 18.4 Å². The minimum absolute atomic E-state index is 0.745. The van der Waals surface area contributed by atoms with Crippen LogP contribution in [0.25, 0.3) is 11.4 Å². The van der Waals surface area contributed by atoms with Gasteiger partial charge in [0.25, 0.3) is 0 Å². The van der Waals surface area contributed by atoms with E-state index in [4.69, 9.17) is 0 Å². The van der Waals surface area contributed by atoms with E-state index in [1.165, 1.54) is 29.7 Å². The van der Waals surface area contributed by atoms with Gasteiger partial charge in [-0.25, -0.2) is 4.98 Å². The van der Waals surface area contributed by atoms with E-state index in [-0.39, 0.29) is 0 Å². The first-order valence-electron chi connectivity index (χ1n) is 5.63. The Balaban J connectivity index is 1.74. The maximum absolute atomic E-state index is 4.43. The highest BCUT2D eigenvalue weighted by Crippen LogP contribution is 2.24. The Morgan fingerprint density at radius 3 is 3.06 bits per heavy atom. The second kappa shape index (κ2) is 4.03. The van der Waals surface area contributed by atoms with Crippen molar-refractivity contribution in [1.29, 1.82) is 0 Å². The van der Waals surface area contributed by atoms with Crippen LogP contribution in [0.15, 0.2) is 17.0 Å². The topological polar surface area (TPSA) is 40.7 Å². The number of aromatic nitrogens is 2. The van der Waals surface area contributed by atoms with Gasteiger partial charge in [-0.2, -0.15) is 11.3 Å². The molecule has 0 radical (unpaired) electrons. The van der Waals surface area contributed by atoms with Crippen LogP contribution in [0.4, 0.5) is 0 Å². The van der Waals surface area contributed by atoms with Crippen molar-refractivity contribution in [2.24, 2.45) is 0 Å². The fourth-order valence-electron chi connectivity index (χ4n) is 1.73. The molecule has 4 heteroatoms. The van der Waals surface area contributed by atoms with Gasteiger partial charge < -0.3 is 10.3 Å². The molecule has 1 fully saturated rings. The van der Waals surface area contributed by atoms with Gasteiger partial charge in [-0.05, 0) is 30.7 Å². The van der Waals surface area contributed by atoms with Crippen LogP contribution in [-0.2, 0) is 6.54 Å². The second-order valence-corrected chi connectivity index (χ2v) is 5.12. The Hall–Kier alpha value is -1.13. The van der Waals surface area contributed by atoms with Crippen molar-refractivity contribution in [3.8, 4) is 11.4 Å². The molecule has 2 aromatic heterocycles. The summed E-state index contributed by atoms with van der Waals surface area (Å²) in [5.74, 6) is 0.992. The van der Waals surface area contributed by atoms with Crippen molar-refractivity contribution < 1.29 is 0 Å². The van der Waals surface area contributed by atoms with Crippen LogP contribution < -0.4 is 5.32 Å². The highest BCUT2D eigenvalue weighted by molar-refractivity contribution is 7.08. The highest BCUT2D eigenvalue weighted by atomic mass is 32.1. The van der Waals surface area contributed by atoms with E-state index in [2.05, 4.69) is 33.0 Å². The zero-order chi connectivity index (χ0) is 11.0. The molecule has 0 atom stereocenters. The van der Waals surface area contributed by atoms with Gasteiger partial charge in [-0.1, -0.05) is 0 Å². The Morgan fingerprint density at radius 2 is 2.38 bits per heavy atom. The molecule has 3 rings (SSSR count). The van der Waals surface area contributed by atoms with Gasteiger partial charge in [0.05, 0.1) is 0 Å². The number of nitrogens with zero attached hydrogens (tertiary/aromatic N) is 1. The molecule has 0 aromatic carbocycles. The van der Waals surface area contributed by atoms with Crippen LogP contribution in [0, 0.1) is 6.92 Å². The van der Waals surface area contributed by atoms with Crippen LogP contribution in [0.2, 0.25) is 0 Å². The smallest absolute Gasteiger partial charge is 0.138 e. The zero-order valence-corrected chi connectivity index (χ0v) is 10.1. The normalized spacial score (nSPS) is 15.6. The van der Waals surface area contributed by atoms with Crippen LogP contribution in [0.5, 0.6) is 0 Å². The number of nitrogens with one attached hydrogen (secondary N) is 2. The quantitative estimate of drug-likeness (QED) is 0.852. The highest BCUT2D eigenvalue weighted by Gasteiger charge is 2.20. The van der Waals surface area contributed by atoms with E-state index in [9.17, 15) is 0 Å². The SMILES string of the molecule is Cc1cscc1-c1ncc(CNC2CC2)[nH]1. The van der Waals surface area contributed by atoms with Gasteiger partial charge in [0.2, 0.25) is 0 Å². The summed E-state index contributed by atoms with van der Waals surface area (Å²) in [4.78, 5) is 7.80. The van der Waals surface area contributed by atoms with Gasteiger partial charge in [-0.15, -0.1) is 0 Å². The largest absolute Gasteiger partial charge is 0.341 e. The van der Waals surface area contributed by atoms with E-state index >= 15 is 0 Å². The molecule has 0 aliphatic heterocycles. The first-order valence-corrected chi connectivity index (χ1v) is 6.57. The molecule has 2 N–H and O–H groups in total. The van der Waals surface area contributed by atoms with E-state index in [1.807, 2.05) is 6.20 Å². The molecule has 1 aliphatic carbocycles.